The van der Waals surface area contributed by atoms with Crippen molar-refractivity contribution in [2.45, 2.75) is 46.3 Å². The van der Waals surface area contributed by atoms with E-state index in [2.05, 4.69) is 24.3 Å². The molecule has 0 aliphatic carbocycles. The summed E-state index contributed by atoms with van der Waals surface area (Å²) in [7, 11) is 1.97. The maximum Gasteiger partial charge on any atom is 0.0917 e. The third-order valence-corrected chi connectivity index (χ3v) is 4.43. The van der Waals surface area contributed by atoms with Crippen molar-refractivity contribution in [1.82, 2.24) is 15.1 Å². The smallest absolute Gasteiger partial charge is 0.0917 e. The Morgan fingerprint density at radius 2 is 1.91 bits per heavy atom. The second kappa shape index (κ2) is 7.07. The maximum absolute atomic E-state index is 10.5. The summed E-state index contributed by atoms with van der Waals surface area (Å²) in [5.74, 6) is 0. The highest BCUT2D eigenvalue weighted by Gasteiger charge is 2.20. The summed E-state index contributed by atoms with van der Waals surface area (Å²) in [4.78, 5) is 0. The number of aryl methyl sites for hydroxylation is 3. The van der Waals surface area contributed by atoms with Crippen molar-refractivity contribution in [2.75, 3.05) is 6.54 Å². The zero-order chi connectivity index (χ0) is 16.3. The van der Waals surface area contributed by atoms with Crippen LogP contribution in [-0.2, 0) is 7.05 Å². The number of hydrogen-bond donors (Lipinski definition) is 2. The summed E-state index contributed by atoms with van der Waals surface area (Å²) in [5, 5.41) is 18.4. The first kappa shape index (κ1) is 16.7. The van der Waals surface area contributed by atoms with Gasteiger partial charge in [-0.2, -0.15) is 5.10 Å². The maximum atomic E-state index is 10.5. The van der Waals surface area contributed by atoms with E-state index in [-0.39, 0.29) is 6.04 Å². The molecule has 2 rings (SSSR count). The number of aromatic nitrogens is 2. The Kier molecular flexibility index (Phi) is 5.37. The monoisotopic (exact) mass is 301 g/mol. The topological polar surface area (TPSA) is 50.1 Å². The summed E-state index contributed by atoms with van der Waals surface area (Å²) in [5.41, 5.74) is 5.61. The molecule has 0 bridgehead atoms. The summed E-state index contributed by atoms with van der Waals surface area (Å²) in [6.45, 7) is 8.87. The molecule has 22 heavy (non-hydrogen) atoms. The molecule has 2 N–H and O–H groups in total. The van der Waals surface area contributed by atoms with Gasteiger partial charge >= 0.3 is 0 Å². The molecular weight excluding hydrogens is 274 g/mol. The summed E-state index contributed by atoms with van der Waals surface area (Å²) in [6, 6.07) is 8.20. The van der Waals surface area contributed by atoms with Crippen LogP contribution in [0.5, 0.6) is 0 Å². The van der Waals surface area contributed by atoms with Crippen LogP contribution in [0.2, 0.25) is 0 Å². The van der Waals surface area contributed by atoms with Crippen LogP contribution in [0.3, 0.4) is 0 Å². The minimum absolute atomic E-state index is 0.215. The molecule has 0 radical (unpaired) electrons. The summed E-state index contributed by atoms with van der Waals surface area (Å²) < 4.78 is 1.92. The van der Waals surface area contributed by atoms with Gasteiger partial charge in [-0.15, -0.1) is 0 Å². The molecule has 0 saturated carbocycles. The Balaban J connectivity index is 2.10. The molecule has 2 aromatic rings. The van der Waals surface area contributed by atoms with E-state index >= 15 is 0 Å². The van der Waals surface area contributed by atoms with Gasteiger partial charge in [0, 0.05) is 30.9 Å². The Bertz CT molecular complexity index is 633. The SMILES string of the molecule is CCC(NCC(O)c1ccccc1C)c1c(C)nn(C)c1C. The highest BCUT2D eigenvalue weighted by atomic mass is 16.3. The van der Waals surface area contributed by atoms with Crippen molar-refractivity contribution in [1.29, 1.82) is 0 Å². The molecule has 4 nitrogen and oxygen atoms in total. The predicted molar refractivity (Wildman–Crippen MR) is 89.9 cm³/mol. The van der Waals surface area contributed by atoms with E-state index < -0.39 is 6.10 Å². The van der Waals surface area contributed by atoms with Crippen molar-refractivity contribution in [2.24, 2.45) is 7.05 Å². The number of rotatable bonds is 6. The van der Waals surface area contributed by atoms with Crippen molar-refractivity contribution in [3.63, 3.8) is 0 Å². The van der Waals surface area contributed by atoms with Gasteiger partial charge in [-0.25, -0.2) is 0 Å². The third-order valence-electron chi connectivity index (χ3n) is 4.43. The molecule has 120 valence electrons. The largest absolute Gasteiger partial charge is 0.387 e. The molecular formula is C18H27N3O. The van der Waals surface area contributed by atoms with Crippen LogP contribution in [-0.4, -0.2) is 21.4 Å². The standard InChI is InChI=1S/C18H27N3O/c1-6-16(18-13(3)20-21(5)14(18)4)19-11-17(22)15-10-8-7-9-12(15)2/h7-10,16-17,19,22H,6,11H2,1-5H3. The first-order chi connectivity index (χ1) is 10.5. The Morgan fingerprint density at radius 1 is 1.23 bits per heavy atom. The minimum atomic E-state index is -0.493. The zero-order valence-electron chi connectivity index (χ0n) is 14.2. The van der Waals surface area contributed by atoms with Gasteiger partial charge in [0.25, 0.3) is 0 Å². The molecule has 1 aromatic heterocycles. The minimum Gasteiger partial charge on any atom is -0.387 e. The lowest BCUT2D eigenvalue weighted by molar-refractivity contribution is 0.168. The van der Waals surface area contributed by atoms with Crippen molar-refractivity contribution < 1.29 is 5.11 Å². The third kappa shape index (κ3) is 3.39. The molecule has 0 aliphatic rings. The fourth-order valence-electron chi connectivity index (χ4n) is 3.07. The fraction of sp³-hybridized carbons (Fsp3) is 0.500. The van der Waals surface area contributed by atoms with Crippen LogP contribution in [0.1, 0.15) is 53.6 Å². The predicted octanol–water partition coefficient (Wildman–Crippen LogP) is 3.12. The highest BCUT2D eigenvalue weighted by molar-refractivity contribution is 5.29. The number of benzene rings is 1. The second-order valence-electron chi connectivity index (χ2n) is 5.95. The van der Waals surface area contributed by atoms with Gasteiger partial charge in [0.2, 0.25) is 0 Å². The van der Waals surface area contributed by atoms with Gasteiger partial charge in [-0.05, 0) is 38.3 Å². The molecule has 1 aromatic carbocycles. The lowest BCUT2D eigenvalue weighted by Gasteiger charge is -2.21. The van der Waals surface area contributed by atoms with Gasteiger partial charge in [0.15, 0.2) is 0 Å². The molecule has 2 atom stereocenters. The van der Waals surface area contributed by atoms with Gasteiger partial charge in [-0.3, -0.25) is 4.68 Å². The normalized spacial score (nSPS) is 14.1. The van der Waals surface area contributed by atoms with E-state index in [9.17, 15) is 5.11 Å². The lowest BCUT2D eigenvalue weighted by atomic mass is 10.0. The molecule has 0 spiro atoms. The van der Waals surface area contributed by atoms with E-state index in [1.165, 1.54) is 11.3 Å². The number of hydrogen-bond acceptors (Lipinski definition) is 3. The summed E-state index contributed by atoms with van der Waals surface area (Å²) in [6.07, 6.45) is 0.473. The van der Waals surface area contributed by atoms with Gasteiger partial charge in [-0.1, -0.05) is 31.2 Å². The average Bonchev–Trinajstić information content (AvgIpc) is 2.74. The number of nitrogens with zero attached hydrogens (tertiary/aromatic N) is 2. The van der Waals surface area contributed by atoms with Crippen LogP contribution >= 0.6 is 0 Å². The molecule has 0 amide bonds. The van der Waals surface area contributed by atoms with Crippen LogP contribution in [0.15, 0.2) is 24.3 Å². The van der Waals surface area contributed by atoms with Crippen molar-refractivity contribution >= 4 is 0 Å². The van der Waals surface area contributed by atoms with Crippen LogP contribution < -0.4 is 5.32 Å². The average molecular weight is 301 g/mol. The van der Waals surface area contributed by atoms with E-state index in [0.717, 1.165) is 23.2 Å². The van der Waals surface area contributed by atoms with Gasteiger partial charge < -0.3 is 10.4 Å². The van der Waals surface area contributed by atoms with Crippen molar-refractivity contribution in [3.05, 3.63) is 52.3 Å². The Labute approximate surface area is 133 Å². The van der Waals surface area contributed by atoms with Crippen LogP contribution in [0, 0.1) is 20.8 Å². The molecule has 0 saturated heterocycles. The zero-order valence-corrected chi connectivity index (χ0v) is 14.2. The first-order valence-corrected chi connectivity index (χ1v) is 7.92. The van der Waals surface area contributed by atoms with E-state index in [1.807, 2.05) is 49.8 Å². The summed E-state index contributed by atoms with van der Waals surface area (Å²) >= 11 is 0. The van der Waals surface area contributed by atoms with Crippen LogP contribution in [0.4, 0.5) is 0 Å². The lowest BCUT2D eigenvalue weighted by Crippen LogP contribution is -2.27. The highest BCUT2D eigenvalue weighted by Crippen LogP contribution is 2.25. The molecule has 0 fully saturated rings. The van der Waals surface area contributed by atoms with E-state index in [0.29, 0.717) is 6.54 Å². The second-order valence-corrected chi connectivity index (χ2v) is 5.95. The quantitative estimate of drug-likeness (QED) is 0.862. The Hall–Kier alpha value is -1.65. The first-order valence-electron chi connectivity index (χ1n) is 7.92. The Morgan fingerprint density at radius 3 is 2.45 bits per heavy atom. The van der Waals surface area contributed by atoms with Crippen LogP contribution in [0.25, 0.3) is 0 Å². The number of aliphatic hydroxyl groups excluding tert-OH is 1. The van der Waals surface area contributed by atoms with Gasteiger partial charge in [0.1, 0.15) is 0 Å². The fourth-order valence-corrected chi connectivity index (χ4v) is 3.07. The van der Waals surface area contributed by atoms with E-state index in [1.54, 1.807) is 0 Å². The molecule has 0 aliphatic heterocycles. The number of aliphatic hydroxyl groups is 1. The molecule has 1 heterocycles. The van der Waals surface area contributed by atoms with Crippen molar-refractivity contribution in [3.8, 4) is 0 Å². The molecule has 4 heteroatoms. The van der Waals surface area contributed by atoms with Gasteiger partial charge in [0.05, 0.1) is 11.8 Å². The van der Waals surface area contributed by atoms with E-state index in [4.69, 9.17) is 0 Å². The number of nitrogens with one attached hydrogen (secondary N) is 1. The molecule has 2 unspecified atom stereocenters.